The second-order valence-corrected chi connectivity index (χ2v) is 8.98. The van der Waals surface area contributed by atoms with Crippen molar-refractivity contribution in [2.45, 2.75) is 12.5 Å². The molecule has 0 aliphatic carbocycles. The molecular formula is C26H33N5O10. The van der Waals surface area contributed by atoms with Gasteiger partial charge in [-0.25, -0.2) is 19.6 Å². The highest BCUT2D eigenvalue weighted by atomic mass is 16.5. The highest BCUT2D eigenvalue weighted by molar-refractivity contribution is 6.00. The summed E-state index contributed by atoms with van der Waals surface area (Å²) in [5.41, 5.74) is 0.728. The minimum Gasteiger partial charge on any atom is -0.481 e. The summed E-state index contributed by atoms with van der Waals surface area (Å²) in [6, 6.07) is 4.31. The van der Waals surface area contributed by atoms with Crippen LogP contribution in [0.15, 0.2) is 24.3 Å². The average molecular weight is 576 g/mol. The molecule has 0 bridgehead atoms. The molecular weight excluding hydrogens is 542 g/mol. The molecule has 0 radical (unpaired) electrons. The summed E-state index contributed by atoms with van der Waals surface area (Å²) < 4.78 is 15.9. The largest absolute Gasteiger partial charge is 0.481 e. The van der Waals surface area contributed by atoms with Gasteiger partial charge >= 0.3 is 17.9 Å². The number of carbonyl (C=O) groups excluding carboxylic acids is 1. The van der Waals surface area contributed by atoms with Crippen LogP contribution in [0.2, 0.25) is 0 Å². The minimum absolute atomic E-state index is 0.0708. The number of hydrogen-bond acceptors (Lipinski definition) is 11. The van der Waals surface area contributed by atoms with E-state index in [-0.39, 0.29) is 36.1 Å². The fraction of sp³-hybridized carbons (Fsp3) is 0.462. The molecule has 15 heteroatoms. The van der Waals surface area contributed by atoms with Gasteiger partial charge in [0, 0.05) is 46.0 Å². The van der Waals surface area contributed by atoms with E-state index < -0.39 is 36.3 Å². The van der Waals surface area contributed by atoms with Crippen molar-refractivity contribution in [1.29, 1.82) is 0 Å². The van der Waals surface area contributed by atoms with E-state index in [1.54, 1.807) is 21.9 Å². The summed E-state index contributed by atoms with van der Waals surface area (Å²) in [7, 11) is 3.06. The highest BCUT2D eigenvalue weighted by Gasteiger charge is 2.31. The van der Waals surface area contributed by atoms with E-state index in [0.29, 0.717) is 50.7 Å². The normalized spacial score (nSPS) is 13.9. The molecule has 4 N–H and O–H groups in total. The number of rotatable bonds is 15. The van der Waals surface area contributed by atoms with Crippen molar-refractivity contribution in [2.75, 3.05) is 76.6 Å². The fourth-order valence-electron chi connectivity index (χ4n) is 4.08. The molecule has 1 aromatic heterocycles. The van der Waals surface area contributed by atoms with E-state index in [9.17, 15) is 29.4 Å². The third-order valence-electron chi connectivity index (χ3n) is 6.20. The molecule has 3 rings (SSSR count). The van der Waals surface area contributed by atoms with Gasteiger partial charge in [0.05, 0.1) is 38.4 Å². The average Bonchev–Trinajstić information content (AvgIpc) is 2.96. The molecule has 1 saturated heterocycles. The van der Waals surface area contributed by atoms with E-state index in [2.05, 4.69) is 10.3 Å². The SMILES string of the molecule is COCCN(CCOC)c1nc(C(=O)N[C@H](CC(=O)O)C(=O)O)c(N2CCOCC2)nc1-c1ccc(C(=O)O)cc1. The Kier molecular flexibility index (Phi) is 11.3. The molecule has 15 nitrogen and oxygen atoms in total. The Labute approximate surface area is 235 Å². The van der Waals surface area contributed by atoms with E-state index in [1.807, 2.05) is 0 Å². The van der Waals surface area contributed by atoms with Crippen LogP contribution in [-0.4, -0.2) is 122 Å². The van der Waals surface area contributed by atoms with Crippen LogP contribution >= 0.6 is 0 Å². The van der Waals surface area contributed by atoms with Crippen molar-refractivity contribution in [2.24, 2.45) is 0 Å². The summed E-state index contributed by atoms with van der Waals surface area (Å²) >= 11 is 0. The maximum atomic E-state index is 13.5. The van der Waals surface area contributed by atoms with Gasteiger partial charge in [0.15, 0.2) is 17.3 Å². The molecule has 0 unspecified atom stereocenters. The smallest absolute Gasteiger partial charge is 0.335 e. The van der Waals surface area contributed by atoms with E-state index in [4.69, 9.17) is 24.3 Å². The van der Waals surface area contributed by atoms with Crippen molar-refractivity contribution >= 4 is 35.5 Å². The van der Waals surface area contributed by atoms with Crippen molar-refractivity contribution in [3.63, 3.8) is 0 Å². The molecule has 222 valence electrons. The number of ether oxygens (including phenoxy) is 3. The number of aromatic nitrogens is 2. The fourth-order valence-corrected chi connectivity index (χ4v) is 4.08. The molecule has 41 heavy (non-hydrogen) atoms. The van der Waals surface area contributed by atoms with Gasteiger partial charge in [-0.1, -0.05) is 12.1 Å². The predicted octanol–water partition coefficient (Wildman–Crippen LogP) is 0.435. The van der Waals surface area contributed by atoms with Crippen molar-refractivity contribution < 1.29 is 48.7 Å². The highest BCUT2D eigenvalue weighted by Crippen LogP contribution is 2.32. The van der Waals surface area contributed by atoms with Gasteiger partial charge in [0.2, 0.25) is 0 Å². The Morgan fingerprint density at radius 1 is 1.00 bits per heavy atom. The Morgan fingerprint density at radius 3 is 2.12 bits per heavy atom. The molecule has 1 aliphatic rings. The first-order chi connectivity index (χ1) is 19.7. The lowest BCUT2D eigenvalue weighted by atomic mass is 10.1. The predicted molar refractivity (Wildman–Crippen MR) is 145 cm³/mol. The number of nitrogens with zero attached hydrogens (tertiary/aromatic N) is 4. The number of morpholine rings is 1. The van der Waals surface area contributed by atoms with Crippen LogP contribution < -0.4 is 15.1 Å². The number of carboxylic acids is 3. The van der Waals surface area contributed by atoms with Crippen LogP contribution in [0.1, 0.15) is 27.3 Å². The van der Waals surface area contributed by atoms with Crippen molar-refractivity contribution in [3.05, 3.63) is 35.5 Å². The summed E-state index contributed by atoms with van der Waals surface area (Å²) in [5, 5.41) is 30.3. The van der Waals surface area contributed by atoms with Crippen LogP contribution in [-0.2, 0) is 23.8 Å². The number of amides is 1. The maximum absolute atomic E-state index is 13.5. The van der Waals surface area contributed by atoms with Gasteiger partial charge in [0.1, 0.15) is 11.7 Å². The van der Waals surface area contributed by atoms with Gasteiger partial charge < -0.3 is 44.6 Å². The molecule has 2 heterocycles. The number of hydrogen-bond donors (Lipinski definition) is 4. The monoisotopic (exact) mass is 575 g/mol. The topological polar surface area (TPSA) is 201 Å². The molecule has 1 aromatic carbocycles. The summed E-state index contributed by atoms with van der Waals surface area (Å²) in [4.78, 5) is 60.9. The quantitative estimate of drug-likeness (QED) is 0.228. The second-order valence-electron chi connectivity index (χ2n) is 8.98. The van der Waals surface area contributed by atoms with E-state index >= 15 is 0 Å². The van der Waals surface area contributed by atoms with Gasteiger partial charge in [-0.3, -0.25) is 9.59 Å². The maximum Gasteiger partial charge on any atom is 0.335 e. The lowest BCUT2D eigenvalue weighted by Gasteiger charge is -2.31. The molecule has 1 fully saturated rings. The minimum atomic E-state index is -1.70. The lowest BCUT2D eigenvalue weighted by Crippen LogP contribution is -2.44. The molecule has 2 aromatic rings. The summed E-state index contributed by atoms with van der Waals surface area (Å²) in [6.07, 6.45) is -0.837. The number of carbonyl (C=O) groups is 4. The first-order valence-electron chi connectivity index (χ1n) is 12.7. The summed E-state index contributed by atoms with van der Waals surface area (Å²) in [6.45, 7) is 2.63. The number of aliphatic carboxylic acids is 2. The summed E-state index contributed by atoms with van der Waals surface area (Å²) in [5.74, 6) is -4.54. The first-order valence-corrected chi connectivity index (χ1v) is 12.7. The van der Waals surface area contributed by atoms with E-state index in [0.717, 1.165) is 0 Å². The van der Waals surface area contributed by atoms with Crippen molar-refractivity contribution in [1.82, 2.24) is 15.3 Å². The number of nitrogens with one attached hydrogen (secondary N) is 1. The molecule has 0 spiro atoms. The number of carboxylic acid groups (broad SMARTS) is 3. The molecule has 1 atom stereocenters. The van der Waals surface area contributed by atoms with Crippen molar-refractivity contribution in [3.8, 4) is 11.3 Å². The zero-order valence-electron chi connectivity index (χ0n) is 22.7. The lowest BCUT2D eigenvalue weighted by molar-refractivity contribution is -0.145. The Morgan fingerprint density at radius 2 is 1.61 bits per heavy atom. The van der Waals surface area contributed by atoms with Crippen LogP contribution in [0.4, 0.5) is 11.6 Å². The van der Waals surface area contributed by atoms with Gasteiger partial charge in [-0.15, -0.1) is 0 Å². The zero-order chi connectivity index (χ0) is 29.9. The molecule has 1 aliphatic heterocycles. The first kappa shape index (κ1) is 31.2. The van der Waals surface area contributed by atoms with Gasteiger partial charge in [-0.2, -0.15) is 0 Å². The third kappa shape index (κ3) is 8.33. The zero-order valence-corrected chi connectivity index (χ0v) is 22.7. The number of benzene rings is 1. The molecule has 1 amide bonds. The Balaban J connectivity index is 2.22. The second kappa shape index (κ2) is 14.9. The van der Waals surface area contributed by atoms with E-state index in [1.165, 1.54) is 26.4 Å². The number of anilines is 2. The number of aromatic carboxylic acids is 1. The third-order valence-corrected chi connectivity index (χ3v) is 6.20. The van der Waals surface area contributed by atoms with Crippen LogP contribution in [0, 0.1) is 0 Å². The van der Waals surface area contributed by atoms with Gasteiger partial charge in [-0.05, 0) is 12.1 Å². The van der Waals surface area contributed by atoms with Crippen LogP contribution in [0.3, 0.4) is 0 Å². The van der Waals surface area contributed by atoms with Crippen LogP contribution in [0.5, 0.6) is 0 Å². The molecule has 0 saturated carbocycles. The Hall–Kier alpha value is -4.34. The van der Waals surface area contributed by atoms with Gasteiger partial charge in [0.25, 0.3) is 5.91 Å². The van der Waals surface area contributed by atoms with Crippen LogP contribution in [0.25, 0.3) is 11.3 Å². The standard InChI is InChI=1S/C26H33N5O10/c1-39-11-7-30(8-12-40-2)22-20(16-3-5-17(6-4-16)25(35)36)28-23(31-9-13-41-14-10-31)21(29-22)24(34)27-18(26(37)38)15-19(32)33/h3-6,18H,7-15H2,1-2H3,(H,27,34)(H,32,33)(H,35,36)(H,37,38)/t18-/m1/s1. The number of methoxy groups -OCH3 is 2. The Bertz CT molecular complexity index is 1230.